The number of alkyl halides is 1. The number of fused-ring (bicyclic) bond motifs is 4. The van der Waals surface area contributed by atoms with Gasteiger partial charge in [-0.15, -0.1) is 11.6 Å². The van der Waals surface area contributed by atoms with Gasteiger partial charge in [-0.2, -0.15) is 0 Å². The number of aromatic nitrogens is 1. The quantitative estimate of drug-likeness (QED) is 0.472. The highest BCUT2D eigenvalue weighted by Crippen LogP contribution is 2.35. The molecule has 1 N–H and O–H groups in total. The lowest BCUT2D eigenvalue weighted by Crippen LogP contribution is -2.46. The summed E-state index contributed by atoms with van der Waals surface area (Å²) in [4.78, 5) is 41.7. The number of carbonyl (C=O) groups is 2. The smallest absolute Gasteiger partial charge is 0.274 e. The van der Waals surface area contributed by atoms with E-state index in [9.17, 15) is 27.6 Å². The van der Waals surface area contributed by atoms with Crippen LogP contribution in [-0.2, 0) is 13.2 Å². The number of hydrogen-bond donors (Lipinski definition) is 1. The second-order valence-corrected chi connectivity index (χ2v) is 9.80. The Morgan fingerprint density at radius 2 is 1.82 bits per heavy atom. The molecule has 3 heterocycles. The molecule has 5 rings (SSSR count). The van der Waals surface area contributed by atoms with Crippen LogP contribution in [0.1, 0.15) is 50.9 Å². The highest BCUT2D eigenvalue weighted by molar-refractivity contribution is 6.21. The molecule has 2 atom stereocenters. The van der Waals surface area contributed by atoms with Crippen LogP contribution in [0.4, 0.5) is 13.2 Å². The van der Waals surface area contributed by atoms with E-state index in [0.29, 0.717) is 38.1 Å². The summed E-state index contributed by atoms with van der Waals surface area (Å²) >= 11 is 6.66. The van der Waals surface area contributed by atoms with Crippen molar-refractivity contribution in [2.45, 2.75) is 37.4 Å². The zero-order chi connectivity index (χ0) is 27.0. The maximum absolute atomic E-state index is 14.1. The molecule has 2 amide bonds. The summed E-state index contributed by atoms with van der Waals surface area (Å²) in [6.45, 7) is 0.102. The number of carbonyl (C=O) groups excluding carboxylic acids is 2. The first-order valence-electron chi connectivity index (χ1n) is 12.1. The van der Waals surface area contributed by atoms with Gasteiger partial charge in [0.15, 0.2) is 11.4 Å². The minimum Gasteiger partial charge on any atom is -0.483 e. The molecule has 1 aromatic heterocycles. The molecular formula is C27H23ClF3N3O4. The molecule has 2 aliphatic rings. The van der Waals surface area contributed by atoms with Crippen LogP contribution in [0.3, 0.4) is 0 Å². The number of rotatable bonds is 6. The van der Waals surface area contributed by atoms with Crippen LogP contribution in [0.25, 0.3) is 0 Å². The van der Waals surface area contributed by atoms with Crippen molar-refractivity contribution >= 4 is 23.4 Å². The minimum absolute atomic E-state index is 0.00176. The lowest BCUT2D eigenvalue weighted by molar-refractivity contribution is 0.0674. The van der Waals surface area contributed by atoms with Crippen LogP contribution in [0, 0.1) is 17.5 Å². The van der Waals surface area contributed by atoms with E-state index in [-0.39, 0.29) is 29.0 Å². The van der Waals surface area contributed by atoms with Crippen molar-refractivity contribution in [1.82, 2.24) is 14.8 Å². The number of benzene rings is 2. The highest BCUT2D eigenvalue weighted by Gasteiger charge is 2.40. The first kappa shape index (κ1) is 25.8. The molecule has 0 aliphatic carbocycles. The summed E-state index contributed by atoms with van der Waals surface area (Å²) in [6.07, 6.45) is 2.55. The van der Waals surface area contributed by atoms with Gasteiger partial charge in [0.25, 0.3) is 11.8 Å². The SMILES string of the molecule is O=C(NCc1c(F)cc(F)cc1F)c1cn2c(c(OCc3ccccc3)c1=O)C(=O)N1CCC[C@@H](Cl)[C@H]2C1. The fourth-order valence-electron chi connectivity index (χ4n) is 4.81. The predicted molar refractivity (Wildman–Crippen MR) is 133 cm³/mol. The molecule has 7 nitrogen and oxygen atoms in total. The van der Waals surface area contributed by atoms with Crippen LogP contribution >= 0.6 is 11.6 Å². The van der Waals surface area contributed by atoms with Gasteiger partial charge in [0, 0.05) is 43.5 Å². The van der Waals surface area contributed by atoms with E-state index in [2.05, 4.69) is 5.32 Å². The standard InChI is InChI=1S/C27H23ClF3N3O4/c28-19-7-4-8-33-13-22(19)34-12-18(26(36)32-11-17-20(30)9-16(29)10-21(17)31)24(35)25(23(34)27(33)37)38-14-15-5-2-1-3-6-15/h1-3,5-6,9-10,12,19,22H,4,7-8,11,13-14H2,(H,32,36)/t19-,22-/m1/s1. The lowest BCUT2D eigenvalue weighted by atomic mass is 10.0. The van der Waals surface area contributed by atoms with Crippen LogP contribution in [-0.4, -0.2) is 39.7 Å². The van der Waals surface area contributed by atoms with E-state index < -0.39 is 52.8 Å². The van der Waals surface area contributed by atoms with Crippen LogP contribution < -0.4 is 15.5 Å². The Labute approximate surface area is 220 Å². The number of hydrogen-bond acceptors (Lipinski definition) is 4. The molecule has 0 unspecified atom stereocenters. The molecular weight excluding hydrogens is 523 g/mol. The van der Waals surface area contributed by atoms with Crippen molar-refractivity contribution in [3.05, 3.63) is 98.7 Å². The fraction of sp³-hybridized carbons (Fsp3) is 0.296. The van der Waals surface area contributed by atoms with E-state index >= 15 is 0 Å². The molecule has 1 fully saturated rings. The third-order valence-corrected chi connectivity index (χ3v) is 7.28. The Morgan fingerprint density at radius 3 is 2.53 bits per heavy atom. The van der Waals surface area contributed by atoms with Crippen molar-refractivity contribution in [3.8, 4) is 5.75 Å². The first-order chi connectivity index (χ1) is 18.2. The molecule has 2 aromatic carbocycles. The third-order valence-electron chi connectivity index (χ3n) is 6.77. The van der Waals surface area contributed by atoms with E-state index in [0.717, 1.165) is 5.56 Å². The molecule has 0 spiro atoms. The summed E-state index contributed by atoms with van der Waals surface area (Å²) in [5.41, 5.74) is -1.05. The average Bonchev–Trinajstić information content (AvgIpc) is 3.06. The normalized spacial score (nSPS) is 18.5. The Bertz CT molecular complexity index is 1440. The van der Waals surface area contributed by atoms with Crippen molar-refractivity contribution in [2.75, 3.05) is 13.1 Å². The van der Waals surface area contributed by atoms with Crippen LogP contribution in [0.15, 0.2) is 53.5 Å². The summed E-state index contributed by atoms with van der Waals surface area (Å²) in [5, 5.41) is 1.94. The molecule has 11 heteroatoms. The summed E-state index contributed by atoms with van der Waals surface area (Å²) in [6, 6.07) is 9.55. The van der Waals surface area contributed by atoms with E-state index in [1.165, 1.54) is 10.8 Å². The van der Waals surface area contributed by atoms with Gasteiger partial charge < -0.3 is 19.5 Å². The number of ether oxygens (including phenoxy) is 1. The molecule has 2 bridgehead atoms. The van der Waals surface area contributed by atoms with Gasteiger partial charge in [-0.3, -0.25) is 14.4 Å². The van der Waals surface area contributed by atoms with Gasteiger partial charge in [0.1, 0.15) is 29.6 Å². The lowest BCUT2D eigenvalue weighted by Gasteiger charge is -2.36. The molecule has 0 saturated carbocycles. The molecule has 198 valence electrons. The van der Waals surface area contributed by atoms with E-state index in [1.807, 2.05) is 6.07 Å². The highest BCUT2D eigenvalue weighted by atomic mass is 35.5. The van der Waals surface area contributed by atoms with E-state index in [4.69, 9.17) is 16.3 Å². The second-order valence-electron chi connectivity index (χ2n) is 9.24. The Kier molecular flexibility index (Phi) is 7.16. The van der Waals surface area contributed by atoms with Gasteiger partial charge in [0.2, 0.25) is 5.43 Å². The van der Waals surface area contributed by atoms with Gasteiger partial charge >= 0.3 is 0 Å². The fourth-order valence-corrected chi connectivity index (χ4v) is 5.16. The third kappa shape index (κ3) is 4.88. The summed E-state index contributed by atoms with van der Waals surface area (Å²) < 4.78 is 48.8. The number of pyridine rings is 1. The second kappa shape index (κ2) is 10.5. The largest absolute Gasteiger partial charge is 0.483 e. The molecule has 38 heavy (non-hydrogen) atoms. The van der Waals surface area contributed by atoms with Crippen molar-refractivity contribution < 1.29 is 27.5 Å². The maximum atomic E-state index is 14.1. The van der Waals surface area contributed by atoms with Crippen molar-refractivity contribution in [1.29, 1.82) is 0 Å². The van der Waals surface area contributed by atoms with Gasteiger partial charge in [-0.1, -0.05) is 30.3 Å². The summed E-state index contributed by atoms with van der Waals surface area (Å²) in [5.74, 6) is -5.09. The Morgan fingerprint density at radius 1 is 1.11 bits per heavy atom. The molecule has 2 aliphatic heterocycles. The van der Waals surface area contributed by atoms with E-state index in [1.54, 1.807) is 29.2 Å². The molecule has 1 saturated heterocycles. The van der Waals surface area contributed by atoms with Crippen LogP contribution in [0.2, 0.25) is 0 Å². The molecule has 3 aromatic rings. The number of nitrogens with one attached hydrogen (secondary N) is 1. The maximum Gasteiger partial charge on any atom is 0.274 e. The number of amides is 2. The first-order valence-corrected chi connectivity index (χ1v) is 12.5. The van der Waals surface area contributed by atoms with Gasteiger partial charge in [-0.25, -0.2) is 13.2 Å². The van der Waals surface area contributed by atoms with Crippen LogP contribution in [0.5, 0.6) is 5.75 Å². The minimum atomic E-state index is -1.18. The predicted octanol–water partition coefficient (Wildman–Crippen LogP) is 4.17. The monoisotopic (exact) mass is 545 g/mol. The van der Waals surface area contributed by atoms with Gasteiger partial charge in [-0.05, 0) is 18.4 Å². The zero-order valence-corrected chi connectivity index (χ0v) is 20.8. The topological polar surface area (TPSA) is 80.6 Å². The molecule has 0 radical (unpaired) electrons. The zero-order valence-electron chi connectivity index (χ0n) is 20.1. The average molecular weight is 546 g/mol. The summed E-state index contributed by atoms with van der Waals surface area (Å²) in [7, 11) is 0. The number of nitrogens with zero attached hydrogens (tertiary/aromatic N) is 2. The van der Waals surface area contributed by atoms with Crippen molar-refractivity contribution in [3.63, 3.8) is 0 Å². The number of halogens is 4. The van der Waals surface area contributed by atoms with Gasteiger partial charge in [0.05, 0.1) is 11.4 Å². The Hall–Kier alpha value is -3.79. The van der Waals surface area contributed by atoms with Crippen molar-refractivity contribution in [2.24, 2.45) is 0 Å². The Balaban J connectivity index is 1.55.